The van der Waals surface area contributed by atoms with Crippen LogP contribution in [0.15, 0.2) is 65.7 Å². The quantitative estimate of drug-likeness (QED) is 0.529. The van der Waals surface area contributed by atoms with Crippen LogP contribution in [0.25, 0.3) is 16.8 Å². The lowest BCUT2D eigenvalue weighted by Crippen LogP contribution is -2.31. The van der Waals surface area contributed by atoms with Crippen LogP contribution in [0.5, 0.6) is 0 Å². The number of halogens is 3. The molecule has 9 heteroatoms. The number of amides is 1. The van der Waals surface area contributed by atoms with Crippen LogP contribution in [0.1, 0.15) is 10.4 Å². The Kier molecular flexibility index (Phi) is 5.33. The highest BCUT2D eigenvalue weighted by Crippen LogP contribution is 2.19. The molecule has 0 radical (unpaired) electrons. The zero-order chi connectivity index (χ0) is 21.3. The van der Waals surface area contributed by atoms with E-state index in [0.29, 0.717) is 16.8 Å². The number of benzene rings is 2. The van der Waals surface area contributed by atoms with Crippen molar-refractivity contribution in [3.8, 4) is 11.3 Å². The Morgan fingerprint density at radius 1 is 1.07 bits per heavy atom. The molecular formula is C21H15ClF2N4O2. The molecule has 0 unspecified atom stereocenters. The van der Waals surface area contributed by atoms with Gasteiger partial charge in [-0.05, 0) is 48.5 Å². The molecule has 0 aliphatic heterocycles. The number of hydrogen-bond acceptors (Lipinski definition) is 3. The monoisotopic (exact) mass is 428 g/mol. The van der Waals surface area contributed by atoms with Crippen LogP contribution in [0.3, 0.4) is 0 Å². The fourth-order valence-corrected chi connectivity index (χ4v) is 3.17. The van der Waals surface area contributed by atoms with Crippen LogP contribution in [0.4, 0.5) is 8.78 Å². The predicted molar refractivity (Wildman–Crippen MR) is 109 cm³/mol. The Morgan fingerprint density at radius 3 is 2.57 bits per heavy atom. The number of carbonyl (C=O) groups is 1. The number of rotatable bonds is 5. The average molecular weight is 429 g/mol. The van der Waals surface area contributed by atoms with Crippen molar-refractivity contribution in [1.82, 2.24) is 19.5 Å². The van der Waals surface area contributed by atoms with Crippen LogP contribution in [0, 0.1) is 11.6 Å². The van der Waals surface area contributed by atoms with Crippen molar-refractivity contribution >= 4 is 23.0 Å². The molecule has 0 aliphatic rings. The summed E-state index contributed by atoms with van der Waals surface area (Å²) < 4.78 is 29.2. The third kappa shape index (κ3) is 3.95. The van der Waals surface area contributed by atoms with Gasteiger partial charge in [0.2, 0.25) is 0 Å². The Balaban J connectivity index is 1.48. The van der Waals surface area contributed by atoms with Gasteiger partial charge in [0.1, 0.15) is 17.2 Å². The average Bonchev–Trinajstić information content (AvgIpc) is 3.17. The number of aromatic nitrogens is 3. The molecule has 0 spiro atoms. The minimum absolute atomic E-state index is 0.137. The fourth-order valence-electron chi connectivity index (χ4n) is 2.99. The minimum Gasteiger partial charge on any atom is -0.350 e. The molecule has 1 N–H and O–H groups in total. The summed E-state index contributed by atoms with van der Waals surface area (Å²) in [7, 11) is 0. The second-order valence-electron chi connectivity index (χ2n) is 6.55. The van der Waals surface area contributed by atoms with Crippen LogP contribution < -0.4 is 10.9 Å². The summed E-state index contributed by atoms with van der Waals surface area (Å²) in [6.45, 7) is 0.413. The van der Waals surface area contributed by atoms with Gasteiger partial charge in [-0.15, -0.1) is 0 Å². The van der Waals surface area contributed by atoms with Crippen molar-refractivity contribution in [3.63, 3.8) is 0 Å². The predicted octanol–water partition coefficient (Wildman–Crippen LogP) is 3.52. The molecule has 6 nitrogen and oxygen atoms in total. The Bertz CT molecular complexity index is 1300. The summed E-state index contributed by atoms with van der Waals surface area (Å²) in [5.74, 6) is -1.38. The second kappa shape index (κ2) is 8.08. The SMILES string of the molecule is O=C(NCCn1ccn2nc(-c3ccc(F)cc3)cc2c1=O)c1ccc(F)c(Cl)c1. The summed E-state index contributed by atoms with van der Waals surface area (Å²) in [6.07, 6.45) is 3.20. The molecule has 2 aromatic carbocycles. The second-order valence-corrected chi connectivity index (χ2v) is 6.95. The van der Waals surface area contributed by atoms with Crippen molar-refractivity contribution in [2.75, 3.05) is 6.54 Å². The van der Waals surface area contributed by atoms with Crippen molar-refractivity contribution in [2.45, 2.75) is 6.54 Å². The molecule has 4 aromatic rings. The summed E-state index contributed by atoms with van der Waals surface area (Å²) in [4.78, 5) is 24.9. The molecule has 0 saturated carbocycles. The molecule has 30 heavy (non-hydrogen) atoms. The van der Waals surface area contributed by atoms with E-state index >= 15 is 0 Å². The van der Waals surface area contributed by atoms with Gasteiger partial charge in [0.15, 0.2) is 0 Å². The molecule has 0 atom stereocenters. The van der Waals surface area contributed by atoms with E-state index in [1.165, 1.54) is 33.3 Å². The Labute approximate surface area is 174 Å². The summed E-state index contributed by atoms with van der Waals surface area (Å²) in [6, 6.07) is 11.2. The van der Waals surface area contributed by atoms with E-state index in [4.69, 9.17) is 11.6 Å². The normalized spacial score (nSPS) is 11.0. The summed E-state index contributed by atoms with van der Waals surface area (Å²) in [5, 5.41) is 6.88. The van der Waals surface area contributed by atoms with Crippen LogP contribution in [-0.4, -0.2) is 26.6 Å². The van der Waals surface area contributed by atoms with Gasteiger partial charge < -0.3 is 9.88 Å². The lowest BCUT2D eigenvalue weighted by atomic mass is 10.1. The van der Waals surface area contributed by atoms with Crippen molar-refractivity contribution in [3.05, 3.63) is 93.5 Å². The van der Waals surface area contributed by atoms with Gasteiger partial charge in [0.25, 0.3) is 11.5 Å². The number of nitrogens with one attached hydrogen (secondary N) is 1. The van der Waals surface area contributed by atoms with E-state index < -0.39 is 11.7 Å². The maximum atomic E-state index is 13.2. The fraction of sp³-hybridized carbons (Fsp3) is 0.0952. The van der Waals surface area contributed by atoms with Crippen LogP contribution in [0.2, 0.25) is 5.02 Å². The van der Waals surface area contributed by atoms with E-state index in [-0.39, 0.29) is 35.1 Å². The van der Waals surface area contributed by atoms with Gasteiger partial charge in [0.05, 0.1) is 10.7 Å². The topological polar surface area (TPSA) is 68.4 Å². The molecule has 2 heterocycles. The first kappa shape index (κ1) is 19.8. The molecular weight excluding hydrogens is 414 g/mol. The third-order valence-corrected chi connectivity index (χ3v) is 4.85. The van der Waals surface area contributed by atoms with E-state index in [0.717, 1.165) is 6.07 Å². The van der Waals surface area contributed by atoms with Gasteiger partial charge in [-0.2, -0.15) is 5.10 Å². The van der Waals surface area contributed by atoms with Crippen molar-refractivity contribution in [1.29, 1.82) is 0 Å². The Hall–Kier alpha value is -3.52. The highest BCUT2D eigenvalue weighted by molar-refractivity contribution is 6.31. The van der Waals surface area contributed by atoms with Crippen molar-refractivity contribution in [2.24, 2.45) is 0 Å². The maximum Gasteiger partial charge on any atom is 0.276 e. The third-order valence-electron chi connectivity index (χ3n) is 4.56. The largest absolute Gasteiger partial charge is 0.350 e. The first-order valence-electron chi connectivity index (χ1n) is 9.00. The standard InChI is InChI=1S/C21H15ClF2N4O2/c22-16-11-14(3-6-17(16)24)20(29)25-7-8-27-9-10-28-19(21(27)30)12-18(26-28)13-1-4-15(23)5-2-13/h1-6,9-12H,7-8H2,(H,25,29). The minimum atomic E-state index is -0.603. The zero-order valence-electron chi connectivity index (χ0n) is 15.5. The van der Waals surface area contributed by atoms with Gasteiger partial charge in [0, 0.05) is 36.6 Å². The number of nitrogens with zero attached hydrogens (tertiary/aromatic N) is 3. The number of hydrogen-bond donors (Lipinski definition) is 1. The molecule has 0 fully saturated rings. The molecule has 0 bridgehead atoms. The van der Waals surface area contributed by atoms with Gasteiger partial charge >= 0.3 is 0 Å². The van der Waals surface area contributed by atoms with E-state index in [1.54, 1.807) is 30.6 Å². The lowest BCUT2D eigenvalue weighted by molar-refractivity contribution is 0.0952. The first-order valence-corrected chi connectivity index (χ1v) is 9.38. The van der Waals surface area contributed by atoms with Gasteiger partial charge in [-0.3, -0.25) is 9.59 Å². The lowest BCUT2D eigenvalue weighted by Gasteiger charge is -2.08. The number of carbonyl (C=O) groups excluding carboxylic acids is 1. The molecule has 1 amide bonds. The van der Waals surface area contributed by atoms with Gasteiger partial charge in [-0.25, -0.2) is 13.3 Å². The molecule has 0 saturated heterocycles. The maximum absolute atomic E-state index is 13.2. The van der Waals surface area contributed by atoms with E-state index in [9.17, 15) is 18.4 Å². The molecule has 152 valence electrons. The molecule has 2 aromatic heterocycles. The zero-order valence-corrected chi connectivity index (χ0v) is 16.2. The smallest absolute Gasteiger partial charge is 0.276 e. The molecule has 4 rings (SSSR count). The van der Waals surface area contributed by atoms with E-state index in [2.05, 4.69) is 10.4 Å². The van der Waals surface area contributed by atoms with Crippen LogP contribution in [-0.2, 0) is 6.54 Å². The van der Waals surface area contributed by atoms with Gasteiger partial charge in [-0.1, -0.05) is 11.6 Å². The first-order chi connectivity index (χ1) is 14.4. The Morgan fingerprint density at radius 2 is 1.83 bits per heavy atom. The summed E-state index contributed by atoms with van der Waals surface area (Å²) >= 11 is 5.69. The number of fused-ring (bicyclic) bond motifs is 1. The van der Waals surface area contributed by atoms with Crippen molar-refractivity contribution < 1.29 is 13.6 Å². The highest BCUT2D eigenvalue weighted by Gasteiger charge is 2.11. The summed E-state index contributed by atoms with van der Waals surface area (Å²) in [5.41, 5.74) is 1.54. The molecule has 0 aliphatic carbocycles. The van der Waals surface area contributed by atoms with E-state index in [1.807, 2.05) is 0 Å². The van der Waals surface area contributed by atoms with Crippen LogP contribution >= 0.6 is 11.6 Å². The highest BCUT2D eigenvalue weighted by atomic mass is 35.5.